The van der Waals surface area contributed by atoms with E-state index in [0.29, 0.717) is 5.56 Å². The summed E-state index contributed by atoms with van der Waals surface area (Å²) in [7, 11) is 0. The van der Waals surface area contributed by atoms with E-state index in [1.54, 1.807) is 30.3 Å². The standard InChI is InChI=1S/C13H15BrF3NO2/c1-9(14)12(20)18(8-11(19)13(15,16)17)7-10-5-3-2-4-6-10/h2-6,9,11,19H,7-8H2,1H3/t9?,11-/m0/s1. The second kappa shape index (κ2) is 7.08. The van der Waals surface area contributed by atoms with Crippen LogP contribution in [0.25, 0.3) is 0 Å². The minimum Gasteiger partial charge on any atom is -0.382 e. The molecule has 1 unspecified atom stereocenters. The van der Waals surface area contributed by atoms with Crippen LogP contribution >= 0.6 is 15.9 Å². The maximum atomic E-state index is 12.4. The minimum atomic E-state index is -4.75. The fraction of sp³-hybridized carbons (Fsp3) is 0.462. The summed E-state index contributed by atoms with van der Waals surface area (Å²) in [4.78, 5) is 12.3. The van der Waals surface area contributed by atoms with Crippen LogP contribution in [0.4, 0.5) is 13.2 Å². The molecule has 0 aliphatic heterocycles. The number of carbonyl (C=O) groups is 1. The summed E-state index contributed by atoms with van der Waals surface area (Å²) in [6, 6.07) is 8.65. The van der Waals surface area contributed by atoms with Gasteiger partial charge in [0.05, 0.1) is 11.4 Å². The molecule has 1 aromatic carbocycles. The Labute approximate surface area is 123 Å². The molecule has 1 N–H and O–H groups in total. The molecule has 20 heavy (non-hydrogen) atoms. The first kappa shape index (κ1) is 17.0. The van der Waals surface area contributed by atoms with E-state index in [4.69, 9.17) is 5.11 Å². The summed E-state index contributed by atoms with van der Waals surface area (Å²) in [6.07, 6.45) is -7.30. The lowest BCUT2D eigenvalue weighted by Gasteiger charge is -2.27. The molecule has 0 aliphatic rings. The molecule has 0 fully saturated rings. The molecule has 0 saturated carbocycles. The van der Waals surface area contributed by atoms with E-state index in [9.17, 15) is 18.0 Å². The first-order chi connectivity index (χ1) is 9.21. The van der Waals surface area contributed by atoms with Crippen LogP contribution in [0.3, 0.4) is 0 Å². The van der Waals surface area contributed by atoms with Gasteiger partial charge >= 0.3 is 6.18 Å². The number of benzene rings is 1. The Kier molecular flexibility index (Phi) is 6.01. The topological polar surface area (TPSA) is 40.5 Å². The normalized spacial score (nSPS) is 14.7. The third kappa shape index (κ3) is 5.13. The molecule has 112 valence electrons. The van der Waals surface area contributed by atoms with Crippen LogP contribution in [0.5, 0.6) is 0 Å². The Bertz CT molecular complexity index is 437. The van der Waals surface area contributed by atoms with Crippen LogP contribution in [-0.2, 0) is 11.3 Å². The van der Waals surface area contributed by atoms with Crippen LogP contribution in [0.2, 0.25) is 0 Å². The average Bonchev–Trinajstić information content (AvgIpc) is 2.37. The Morgan fingerprint density at radius 1 is 1.35 bits per heavy atom. The fourth-order valence-electron chi connectivity index (χ4n) is 1.60. The van der Waals surface area contributed by atoms with Crippen LogP contribution in [0.15, 0.2) is 30.3 Å². The molecular weight excluding hydrogens is 339 g/mol. The first-order valence-corrected chi connectivity index (χ1v) is 6.85. The number of hydrogen-bond acceptors (Lipinski definition) is 2. The van der Waals surface area contributed by atoms with Crippen molar-refractivity contribution in [1.82, 2.24) is 4.90 Å². The van der Waals surface area contributed by atoms with Crippen LogP contribution in [0, 0.1) is 0 Å². The third-order valence-electron chi connectivity index (χ3n) is 2.64. The summed E-state index contributed by atoms with van der Waals surface area (Å²) >= 11 is 3.04. The van der Waals surface area contributed by atoms with Gasteiger partial charge in [0.25, 0.3) is 0 Å². The second-order valence-corrected chi connectivity index (χ2v) is 5.75. The maximum absolute atomic E-state index is 12.4. The molecule has 0 spiro atoms. The molecule has 0 bridgehead atoms. The molecular formula is C13H15BrF3NO2. The molecule has 0 radical (unpaired) electrons. The highest BCUT2D eigenvalue weighted by Crippen LogP contribution is 2.22. The van der Waals surface area contributed by atoms with Crippen molar-refractivity contribution in [3.8, 4) is 0 Å². The van der Waals surface area contributed by atoms with Gasteiger partial charge in [-0.15, -0.1) is 0 Å². The predicted molar refractivity (Wildman–Crippen MR) is 72.3 cm³/mol. The Morgan fingerprint density at radius 3 is 2.35 bits per heavy atom. The zero-order valence-electron chi connectivity index (χ0n) is 10.8. The van der Waals surface area contributed by atoms with Crippen molar-refractivity contribution in [1.29, 1.82) is 0 Å². The smallest absolute Gasteiger partial charge is 0.382 e. The SMILES string of the molecule is CC(Br)C(=O)N(Cc1ccccc1)C[C@H](O)C(F)(F)F. The molecule has 1 rings (SSSR count). The number of hydrogen-bond donors (Lipinski definition) is 1. The number of halogens is 4. The van der Waals surface area contributed by atoms with Crippen molar-refractivity contribution in [3.05, 3.63) is 35.9 Å². The maximum Gasteiger partial charge on any atom is 0.416 e. The summed E-state index contributed by atoms with van der Waals surface area (Å²) in [5.74, 6) is -0.503. The molecule has 0 aromatic heterocycles. The Morgan fingerprint density at radius 2 is 1.90 bits per heavy atom. The van der Waals surface area contributed by atoms with Gasteiger partial charge in [0.2, 0.25) is 5.91 Å². The zero-order chi connectivity index (χ0) is 15.3. The van der Waals surface area contributed by atoms with Crippen LogP contribution < -0.4 is 0 Å². The van der Waals surface area contributed by atoms with Crippen molar-refractivity contribution in [3.63, 3.8) is 0 Å². The van der Waals surface area contributed by atoms with Gasteiger partial charge in [-0.2, -0.15) is 13.2 Å². The van der Waals surface area contributed by atoms with E-state index < -0.39 is 29.6 Å². The molecule has 0 aliphatic carbocycles. The first-order valence-electron chi connectivity index (χ1n) is 5.93. The van der Waals surface area contributed by atoms with Crippen molar-refractivity contribution < 1.29 is 23.1 Å². The summed E-state index contributed by atoms with van der Waals surface area (Å²) in [5.41, 5.74) is 0.698. The molecule has 0 saturated heterocycles. The zero-order valence-corrected chi connectivity index (χ0v) is 12.4. The Balaban J connectivity index is 2.84. The minimum absolute atomic E-state index is 0.0166. The lowest BCUT2D eigenvalue weighted by atomic mass is 10.2. The molecule has 1 amide bonds. The molecule has 1 aromatic rings. The van der Waals surface area contributed by atoms with Gasteiger partial charge < -0.3 is 10.0 Å². The molecule has 0 heterocycles. The monoisotopic (exact) mass is 353 g/mol. The molecule has 3 nitrogen and oxygen atoms in total. The highest BCUT2D eigenvalue weighted by atomic mass is 79.9. The number of aliphatic hydroxyl groups excluding tert-OH is 1. The van der Waals surface area contributed by atoms with Gasteiger partial charge in [-0.3, -0.25) is 4.79 Å². The number of aliphatic hydroxyl groups is 1. The quantitative estimate of drug-likeness (QED) is 0.827. The molecule has 2 atom stereocenters. The van der Waals surface area contributed by atoms with Crippen molar-refractivity contribution in [2.75, 3.05) is 6.54 Å². The van der Waals surface area contributed by atoms with Gasteiger partial charge in [-0.1, -0.05) is 46.3 Å². The van der Waals surface area contributed by atoms with Gasteiger partial charge in [0.1, 0.15) is 0 Å². The number of nitrogens with zero attached hydrogens (tertiary/aromatic N) is 1. The third-order valence-corrected chi connectivity index (χ3v) is 3.03. The fourth-order valence-corrected chi connectivity index (χ4v) is 1.89. The van der Waals surface area contributed by atoms with E-state index in [-0.39, 0.29) is 6.54 Å². The number of rotatable bonds is 5. The van der Waals surface area contributed by atoms with Gasteiger partial charge in [0.15, 0.2) is 6.10 Å². The average molecular weight is 354 g/mol. The number of alkyl halides is 4. The van der Waals surface area contributed by atoms with Crippen LogP contribution in [-0.4, -0.2) is 39.6 Å². The Hall–Kier alpha value is -1.08. The van der Waals surface area contributed by atoms with Crippen molar-refractivity contribution >= 4 is 21.8 Å². The largest absolute Gasteiger partial charge is 0.416 e. The van der Waals surface area contributed by atoms with E-state index in [0.717, 1.165) is 4.90 Å². The van der Waals surface area contributed by atoms with E-state index in [2.05, 4.69) is 15.9 Å². The highest BCUT2D eigenvalue weighted by molar-refractivity contribution is 9.10. The summed E-state index contributed by atoms with van der Waals surface area (Å²) in [5, 5.41) is 9.13. The van der Waals surface area contributed by atoms with Gasteiger partial charge in [-0.25, -0.2) is 0 Å². The van der Waals surface area contributed by atoms with Crippen LogP contribution in [0.1, 0.15) is 12.5 Å². The molecule has 7 heteroatoms. The van der Waals surface area contributed by atoms with Crippen molar-refractivity contribution in [2.24, 2.45) is 0 Å². The summed E-state index contributed by atoms with van der Waals surface area (Å²) < 4.78 is 37.2. The van der Waals surface area contributed by atoms with Gasteiger partial charge in [-0.05, 0) is 12.5 Å². The number of amides is 1. The summed E-state index contributed by atoms with van der Waals surface area (Å²) in [6.45, 7) is 0.760. The number of carbonyl (C=O) groups excluding carboxylic acids is 1. The highest BCUT2D eigenvalue weighted by Gasteiger charge is 2.40. The van der Waals surface area contributed by atoms with Gasteiger partial charge in [0, 0.05) is 6.54 Å². The van der Waals surface area contributed by atoms with E-state index >= 15 is 0 Å². The van der Waals surface area contributed by atoms with Crippen molar-refractivity contribution in [2.45, 2.75) is 30.6 Å². The lowest BCUT2D eigenvalue weighted by Crippen LogP contribution is -2.45. The van der Waals surface area contributed by atoms with E-state index in [1.165, 1.54) is 6.92 Å². The second-order valence-electron chi connectivity index (χ2n) is 4.38. The predicted octanol–water partition coefficient (Wildman–Crippen LogP) is 2.72. The lowest BCUT2D eigenvalue weighted by molar-refractivity contribution is -0.208. The van der Waals surface area contributed by atoms with E-state index in [1.807, 2.05) is 0 Å².